The molecule has 0 radical (unpaired) electrons. The molecular formula is C15H18F3NO3. The van der Waals surface area contributed by atoms with Crippen LogP contribution in [0.1, 0.15) is 29.5 Å². The van der Waals surface area contributed by atoms with Gasteiger partial charge in [0.05, 0.1) is 12.2 Å². The highest BCUT2D eigenvalue weighted by Gasteiger charge is 2.44. The molecule has 2 aliphatic heterocycles. The molecule has 0 amide bonds. The summed E-state index contributed by atoms with van der Waals surface area (Å²) < 4.78 is 37.8. The number of nitrogens with one attached hydrogen (secondary N) is 1. The van der Waals surface area contributed by atoms with Gasteiger partial charge in [-0.1, -0.05) is 18.2 Å². The molecule has 2 heterocycles. The molecule has 3 rings (SSSR count). The van der Waals surface area contributed by atoms with Gasteiger partial charge < -0.3 is 15.2 Å². The number of benzene rings is 1. The van der Waals surface area contributed by atoms with Gasteiger partial charge in [0, 0.05) is 19.0 Å². The van der Waals surface area contributed by atoms with Crippen molar-refractivity contribution in [3.8, 4) is 0 Å². The Balaban J connectivity index is 0.000000217. The Hall–Kier alpha value is -1.60. The van der Waals surface area contributed by atoms with E-state index in [4.69, 9.17) is 14.6 Å². The maximum atomic E-state index is 10.6. The zero-order valence-corrected chi connectivity index (χ0v) is 12.3. The van der Waals surface area contributed by atoms with Gasteiger partial charge in [-0.05, 0) is 30.5 Å². The fourth-order valence-electron chi connectivity index (χ4n) is 2.88. The molecule has 7 heteroatoms. The van der Waals surface area contributed by atoms with Crippen LogP contribution in [0.4, 0.5) is 13.2 Å². The van der Waals surface area contributed by atoms with Crippen LogP contribution in [0.15, 0.2) is 18.2 Å². The summed E-state index contributed by atoms with van der Waals surface area (Å²) in [6.45, 7) is 7.20. The van der Waals surface area contributed by atoms with Crippen molar-refractivity contribution in [3.63, 3.8) is 0 Å². The van der Waals surface area contributed by atoms with Gasteiger partial charge in [0.25, 0.3) is 0 Å². The summed E-state index contributed by atoms with van der Waals surface area (Å²) in [6.07, 6.45) is -5.08. The molecule has 4 nitrogen and oxygen atoms in total. The zero-order chi connectivity index (χ0) is 16.5. The Kier molecular flexibility index (Phi) is 4.49. The minimum Gasteiger partial charge on any atom is -0.475 e. The van der Waals surface area contributed by atoms with Crippen LogP contribution in [0, 0.1) is 6.92 Å². The average molecular weight is 317 g/mol. The van der Waals surface area contributed by atoms with E-state index in [1.807, 2.05) is 0 Å². The topological polar surface area (TPSA) is 58.6 Å². The Bertz CT molecular complexity index is 574. The van der Waals surface area contributed by atoms with Crippen molar-refractivity contribution < 1.29 is 27.8 Å². The fourth-order valence-corrected chi connectivity index (χ4v) is 2.88. The first-order chi connectivity index (χ1) is 10.1. The second kappa shape index (κ2) is 5.89. The summed E-state index contributed by atoms with van der Waals surface area (Å²) in [5.74, 6) is -2.23. The second-order valence-electron chi connectivity index (χ2n) is 5.73. The molecule has 2 N–H and O–H groups in total. The van der Waals surface area contributed by atoms with Gasteiger partial charge in [-0.2, -0.15) is 13.2 Å². The largest absolute Gasteiger partial charge is 0.490 e. The SMILES string of the molecule is Cc1cccc2c1CO[C@@]1(C)CNC[C@H]21.O=C(O)C(F)(F)F. The molecule has 122 valence electrons. The third-order valence-corrected chi connectivity index (χ3v) is 4.17. The predicted octanol–water partition coefficient (Wildman–Crippen LogP) is 2.60. The first kappa shape index (κ1) is 16.8. The molecule has 1 saturated heterocycles. The fraction of sp³-hybridized carbons (Fsp3) is 0.533. The third-order valence-electron chi connectivity index (χ3n) is 4.17. The van der Waals surface area contributed by atoms with Crippen molar-refractivity contribution in [2.75, 3.05) is 13.1 Å². The van der Waals surface area contributed by atoms with E-state index in [9.17, 15) is 13.2 Å². The van der Waals surface area contributed by atoms with Crippen molar-refractivity contribution in [1.29, 1.82) is 0 Å². The van der Waals surface area contributed by atoms with E-state index in [2.05, 4.69) is 37.4 Å². The number of fused-ring (bicyclic) bond motifs is 3. The number of carboxylic acid groups (broad SMARTS) is 1. The molecule has 0 spiro atoms. The van der Waals surface area contributed by atoms with Crippen LogP contribution in [-0.2, 0) is 16.1 Å². The van der Waals surface area contributed by atoms with Crippen LogP contribution in [0.2, 0.25) is 0 Å². The predicted molar refractivity (Wildman–Crippen MR) is 73.7 cm³/mol. The second-order valence-corrected chi connectivity index (χ2v) is 5.73. The molecule has 2 aliphatic rings. The Morgan fingerprint density at radius 1 is 1.45 bits per heavy atom. The van der Waals surface area contributed by atoms with E-state index < -0.39 is 12.1 Å². The van der Waals surface area contributed by atoms with Crippen LogP contribution < -0.4 is 5.32 Å². The number of rotatable bonds is 0. The third kappa shape index (κ3) is 3.25. The van der Waals surface area contributed by atoms with Crippen LogP contribution in [-0.4, -0.2) is 35.9 Å². The van der Waals surface area contributed by atoms with E-state index >= 15 is 0 Å². The molecule has 22 heavy (non-hydrogen) atoms. The van der Waals surface area contributed by atoms with E-state index in [1.165, 1.54) is 16.7 Å². The lowest BCUT2D eigenvalue weighted by Crippen LogP contribution is -2.39. The highest BCUT2D eigenvalue weighted by Crippen LogP contribution is 2.41. The van der Waals surface area contributed by atoms with Crippen molar-refractivity contribution in [3.05, 3.63) is 34.9 Å². The average Bonchev–Trinajstić information content (AvgIpc) is 2.81. The summed E-state index contributed by atoms with van der Waals surface area (Å²) in [6, 6.07) is 6.60. The monoisotopic (exact) mass is 317 g/mol. The highest BCUT2D eigenvalue weighted by atomic mass is 19.4. The molecule has 2 atom stereocenters. The molecule has 1 aromatic carbocycles. The zero-order valence-electron chi connectivity index (χ0n) is 12.3. The van der Waals surface area contributed by atoms with Crippen molar-refractivity contribution in [2.24, 2.45) is 0 Å². The van der Waals surface area contributed by atoms with Gasteiger partial charge in [-0.3, -0.25) is 0 Å². The number of aryl methyl sites for hydroxylation is 1. The number of aliphatic carboxylic acids is 1. The summed E-state index contributed by atoms with van der Waals surface area (Å²) in [4.78, 5) is 8.90. The Morgan fingerprint density at radius 2 is 2.09 bits per heavy atom. The Morgan fingerprint density at radius 3 is 2.68 bits per heavy atom. The number of hydrogen-bond acceptors (Lipinski definition) is 3. The highest BCUT2D eigenvalue weighted by molar-refractivity contribution is 5.73. The summed E-state index contributed by atoms with van der Waals surface area (Å²) in [5, 5.41) is 10.6. The quantitative estimate of drug-likeness (QED) is 0.772. The lowest BCUT2D eigenvalue weighted by molar-refractivity contribution is -0.192. The van der Waals surface area contributed by atoms with Crippen molar-refractivity contribution in [2.45, 2.75) is 38.1 Å². The van der Waals surface area contributed by atoms with Gasteiger partial charge in [0.2, 0.25) is 0 Å². The minimum absolute atomic E-state index is 0.0147. The van der Waals surface area contributed by atoms with Crippen LogP contribution >= 0.6 is 0 Å². The summed E-state index contributed by atoms with van der Waals surface area (Å²) >= 11 is 0. The van der Waals surface area contributed by atoms with Gasteiger partial charge in [0.1, 0.15) is 0 Å². The van der Waals surface area contributed by atoms with Gasteiger partial charge in [-0.15, -0.1) is 0 Å². The van der Waals surface area contributed by atoms with Crippen LogP contribution in [0.3, 0.4) is 0 Å². The molecule has 1 aromatic rings. The molecular weight excluding hydrogens is 299 g/mol. The number of alkyl halides is 3. The number of ether oxygens (including phenoxy) is 1. The molecule has 0 unspecified atom stereocenters. The minimum atomic E-state index is -5.08. The number of halogens is 3. The first-order valence-corrected chi connectivity index (χ1v) is 6.88. The first-order valence-electron chi connectivity index (χ1n) is 6.88. The van der Waals surface area contributed by atoms with E-state index in [0.29, 0.717) is 5.92 Å². The normalized spacial score (nSPS) is 26.5. The lowest BCUT2D eigenvalue weighted by atomic mass is 9.80. The van der Waals surface area contributed by atoms with E-state index in [0.717, 1.165) is 19.7 Å². The van der Waals surface area contributed by atoms with E-state index in [-0.39, 0.29) is 5.60 Å². The number of carbonyl (C=O) groups is 1. The van der Waals surface area contributed by atoms with E-state index in [1.54, 1.807) is 0 Å². The number of hydrogen-bond donors (Lipinski definition) is 2. The summed E-state index contributed by atoms with van der Waals surface area (Å²) in [7, 11) is 0. The molecule has 0 aromatic heterocycles. The summed E-state index contributed by atoms with van der Waals surface area (Å²) in [5.41, 5.74) is 4.28. The van der Waals surface area contributed by atoms with Gasteiger partial charge in [-0.25, -0.2) is 4.79 Å². The standard InChI is InChI=1S/C13H17NO.C2HF3O2/c1-9-4-3-5-10-11(9)7-15-13(2)8-14-6-12(10)13;3-2(4,5)1(6)7/h3-5,12,14H,6-8H2,1-2H3;(H,6,7)/t12-,13+;/m1./s1. The van der Waals surface area contributed by atoms with Crippen LogP contribution in [0.25, 0.3) is 0 Å². The van der Waals surface area contributed by atoms with Gasteiger partial charge >= 0.3 is 12.1 Å². The Labute approximate surface area is 126 Å². The maximum Gasteiger partial charge on any atom is 0.490 e. The van der Waals surface area contributed by atoms with Crippen molar-refractivity contribution >= 4 is 5.97 Å². The smallest absolute Gasteiger partial charge is 0.475 e. The molecule has 1 fully saturated rings. The maximum absolute atomic E-state index is 10.6. The van der Waals surface area contributed by atoms with Crippen molar-refractivity contribution in [1.82, 2.24) is 5.32 Å². The van der Waals surface area contributed by atoms with Crippen LogP contribution in [0.5, 0.6) is 0 Å². The lowest BCUT2D eigenvalue weighted by Gasteiger charge is -2.37. The number of carboxylic acids is 1. The molecule has 0 aliphatic carbocycles. The van der Waals surface area contributed by atoms with Gasteiger partial charge in [0.15, 0.2) is 0 Å². The molecule has 0 saturated carbocycles. The molecule has 0 bridgehead atoms.